The summed E-state index contributed by atoms with van der Waals surface area (Å²) in [5.41, 5.74) is 2.58. The highest BCUT2D eigenvalue weighted by atomic mass is 16.5. The molecule has 1 rings (SSSR count). The first-order chi connectivity index (χ1) is 7.61. The van der Waals surface area contributed by atoms with Crippen molar-refractivity contribution < 1.29 is 9.53 Å². The van der Waals surface area contributed by atoms with Crippen molar-refractivity contribution in [1.29, 1.82) is 5.26 Å². The summed E-state index contributed by atoms with van der Waals surface area (Å²) in [5, 5.41) is 8.38. The van der Waals surface area contributed by atoms with Crippen LogP contribution in [-0.2, 0) is 4.74 Å². The summed E-state index contributed by atoms with van der Waals surface area (Å²) in [4.78, 5) is 14.5. The summed E-state index contributed by atoms with van der Waals surface area (Å²) in [6.45, 7) is 5.66. The van der Waals surface area contributed by atoms with E-state index in [1.165, 1.54) is 0 Å². The number of hydrogen-bond acceptors (Lipinski definition) is 3. The first kappa shape index (κ1) is 11.9. The van der Waals surface area contributed by atoms with Crippen LogP contribution in [0.4, 0.5) is 0 Å². The lowest BCUT2D eigenvalue weighted by Gasteiger charge is -1.99. The Balaban J connectivity index is 3.17. The van der Waals surface area contributed by atoms with Gasteiger partial charge in [-0.2, -0.15) is 5.26 Å². The van der Waals surface area contributed by atoms with Gasteiger partial charge in [0.2, 0.25) is 0 Å². The van der Waals surface area contributed by atoms with Crippen molar-refractivity contribution in [3.63, 3.8) is 0 Å². The molecule has 0 amide bonds. The van der Waals surface area contributed by atoms with Gasteiger partial charge < -0.3 is 9.72 Å². The third-order valence-corrected chi connectivity index (χ3v) is 2.16. The highest BCUT2D eigenvalue weighted by Crippen LogP contribution is 2.17. The maximum Gasteiger partial charge on any atom is 0.355 e. The third-order valence-electron chi connectivity index (χ3n) is 2.16. The Labute approximate surface area is 94.2 Å². The number of rotatable bonds is 2. The van der Waals surface area contributed by atoms with Crippen molar-refractivity contribution in [3.05, 3.63) is 22.5 Å². The zero-order chi connectivity index (χ0) is 12.1. The number of nitrogens with one attached hydrogen (secondary N) is 1. The minimum atomic E-state index is -0.395. The fourth-order valence-electron chi connectivity index (χ4n) is 1.44. The van der Waals surface area contributed by atoms with E-state index in [1.54, 1.807) is 26.8 Å². The van der Waals surface area contributed by atoms with E-state index >= 15 is 0 Å². The summed E-state index contributed by atoms with van der Waals surface area (Å²) >= 11 is 0. The molecule has 16 heavy (non-hydrogen) atoms. The van der Waals surface area contributed by atoms with E-state index in [4.69, 9.17) is 10.00 Å². The SMILES string of the molecule is CCOC(=O)c1[nH]c(C)c(C#CC#N)c1C. The van der Waals surface area contributed by atoms with Gasteiger partial charge in [-0.25, -0.2) is 4.79 Å². The van der Waals surface area contributed by atoms with E-state index in [9.17, 15) is 4.79 Å². The second-order valence-electron chi connectivity index (χ2n) is 3.21. The molecule has 1 aromatic rings. The van der Waals surface area contributed by atoms with Crippen molar-refractivity contribution in [2.75, 3.05) is 6.61 Å². The molecule has 0 aliphatic carbocycles. The molecule has 0 aromatic carbocycles. The second kappa shape index (κ2) is 5.04. The minimum Gasteiger partial charge on any atom is -0.461 e. The molecule has 0 saturated heterocycles. The highest BCUT2D eigenvalue weighted by Gasteiger charge is 2.16. The highest BCUT2D eigenvalue weighted by molar-refractivity contribution is 5.90. The Bertz CT molecular complexity index is 510. The first-order valence-corrected chi connectivity index (χ1v) is 4.88. The maximum absolute atomic E-state index is 11.5. The van der Waals surface area contributed by atoms with Crippen LogP contribution in [0.2, 0.25) is 0 Å². The molecule has 0 aliphatic rings. The summed E-state index contributed by atoms with van der Waals surface area (Å²) in [5.74, 6) is 4.62. The van der Waals surface area contributed by atoms with Crippen LogP contribution in [0.3, 0.4) is 0 Å². The Morgan fingerprint density at radius 2 is 2.19 bits per heavy atom. The van der Waals surface area contributed by atoms with Crippen LogP contribution in [0, 0.1) is 37.0 Å². The molecule has 0 saturated carbocycles. The molecule has 0 atom stereocenters. The summed E-state index contributed by atoms with van der Waals surface area (Å²) < 4.78 is 4.90. The van der Waals surface area contributed by atoms with Gasteiger partial charge in [-0.15, -0.1) is 0 Å². The average molecular weight is 216 g/mol. The number of hydrogen-bond donors (Lipinski definition) is 1. The van der Waals surface area contributed by atoms with E-state index in [-0.39, 0.29) is 0 Å². The van der Waals surface area contributed by atoms with E-state index in [0.29, 0.717) is 17.9 Å². The Morgan fingerprint density at radius 1 is 1.50 bits per heavy atom. The van der Waals surface area contributed by atoms with Crippen LogP contribution in [0.1, 0.15) is 34.2 Å². The zero-order valence-electron chi connectivity index (χ0n) is 9.47. The number of carbonyl (C=O) groups excluding carboxylic acids is 1. The number of nitrogens with zero attached hydrogens (tertiary/aromatic N) is 1. The molecule has 0 fully saturated rings. The number of esters is 1. The molecule has 4 nitrogen and oxygen atoms in total. The van der Waals surface area contributed by atoms with Gasteiger partial charge in [-0.3, -0.25) is 0 Å². The number of aromatic nitrogens is 1. The molecule has 1 N–H and O–H groups in total. The van der Waals surface area contributed by atoms with Crippen LogP contribution < -0.4 is 0 Å². The molecule has 0 spiro atoms. The number of H-pyrrole nitrogens is 1. The van der Waals surface area contributed by atoms with Crippen LogP contribution in [0.25, 0.3) is 0 Å². The number of carbonyl (C=O) groups is 1. The molecule has 0 unspecified atom stereocenters. The minimum absolute atomic E-state index is 0.329. The molecule has 0 radical (unpaired) electrons. The number of ether oxygens (including phenoxy) is 1. The number of aryl methyl sites for hydroxylation is 1. The van der Waals surface area contributed by atoms with Crippen LogP contribution in [-0.4, -0.2) is 17.6 Å². The molecule has 1 aromatic heterocycles. The van der Waals surface area contributed by atoms with E-state index in [0.717, 1.165) is 11.3 Å². The molecule has 82 valence electrons. The number of nitriles is 1. The Kier molecular flexibility index (Phi) is 3.74. The standard InChI is InChI=1S/C12H12N2O2/c1-4-16-12(15)11-8(2)10(6-5-7-13)9(3)14-11/h14H,4H2,1-3H3. The third kappa shape index (κ3) is 2.24. The Hall–Kier alpha value is -2.20. The van der Waals surface area contributed by atoms with Gasteiger partial charge in [0.1, 0.15) is 5.69 Å². The van der Waals surface area contributed by atoms with Gasteiger partial charge in [0, 0.05) is 17.2 Å². The van der Waals surface area contributed by atoms with Crippen LogP contribution in [0.15, 0.2) is 0 Å². The van der Waals surface area contributed by atoms with Gasteiger partial charge in [-0.1, -0.05) is 0 Å². The van der Waals surface area contributed by atoms with Crippen molar-refractivity contribution in [2.24, 2.45) is 0 Å². The lowest BCUT2D eigenvalue weighted by molar-refractivity contribution is 0.0519. The van der Waals surface area contributed by atoms with E-state index in [2.05, 4.69) is 16.8 Å². The number of aromatic amines is 1. The van der Waals surface area contributed by atoms with Crippen molar-refractivity contribution in [1.82, 2.24) is 4.98 Å². The first-order valence-electron chi connectivity index (χ1n) is 4.88. The van der Waals surface area contributed by atoms with Crippen LogP contribution >= 0.6 is 0 Å². The van der Waals surface area contributed by atoms with Gasteiger partial charge >= 0.3 is 5.97 Å². The van der Waals surface area contributed by atoms with Gasteiger partial charge in [0.25, 0.3) is 0 Å². The monoisotopic (exact) mass is 216 g/mol. The lowest BCUT2D eigenvalue weighted by atomic mass is 10.1. The van der Waals surface area contributed by atoms with Crippen molar-refractivity contribution in [2.45, 2.75) is 20.8 Å². The normalized spacial score (nSPS) is 8.88. The quantitative estimate of drug-likeness (QED) is 0.604. The Morgan fingerprint density at radius 3 is 2.75 bits per heavy atom. The van der Waals surface area contributed by atoms with Gasteiger partial charge in [0.15, 0.2) is 6.07 Å². The predicted molar refractivity (Wildman–Crippen MR) is 58.7 cm³/mol. The summed E-state index contributed by atoms with van der Waals surface area (Å²) in [7, 11) is 0. The smallest absolute Gasteiger partial charge is 0.355 e. The second-order valence-corrected chi connectivity index (χ2v) is 3.21. The largest absolute Gasteiger partial charge is 0.461 e. The molecular formula is C12H12N2O2. The fourth-order valence-corrected chi connectivity index (χ4v) is 1.44. The zero-order valence-corrected chi connectivity index (χ0v) is 9.47. The van der Waals surface area contributed by atoms with Crippen molar-refractivity contribution >= 4 is 5.97 Å². The lowest BCUT2D eigenvalue weighted by Crippen LogP contribution is -2.06. The van der Waals surface area contributed by atoms with Gasteiger partial charge in [0.05, 0.1) is 6.61 Å². The molecule has 0 bridgehead atoms. The van der Waals surface area contributed by atoms with E-state index < -0.39 is 5.97 Å². The molecule has 1 heterocycles. The molecule has 0 aliphatic heterocycles. The molecular weight excluding hydrogens is 204 g/mol. The average Bonchev–Trinajstić information content (AvgIpc) is 2.53. The molecule has 4 heteroatoms. The topological polar surface area (TPSA) is 65.9 Å². The van der Waals surface area contributed by atoms with Gasteiger partial charge in [-0.05, 0) is 32.3 Å². The predicted octanol–water partition coefficient (Wildman–Crippen LogP) is 1.68. The maximum atomic E-state index is 11.5. The fraction of sp³-hybridized carbons (Fsp3) is 0.333. The summed E-state index contributed by atoms with van der Waals surface area (Å²) in [6.07, 6.45) is 0. The van der Waals surface area contributed by atoms with Crippen LogP contribution in [0.5, 0.6) is 0 Å². The summed E-state index contributed by atoms with van der Waals surface area (Å²) in [6, 6.07) is 1.74. The van der Waals surface area contributed by atoms with E-state index in [1.807, 2.05) is 0 Å². The van der Waals surface area contributed by atoms with Crippen molar-refractivity contribution in [3.8, 4) is 17.9 Å².